The minimum atomic E-state index is -0.733. The number of hydrogen-bond acceptors (Lipinski definition) is 2. The number of halogens is 3. The Labute approximate surface area is 174 Å². The maximum Gasteiger partial charge on any atom is 0.242 e. The van der Waals surface area contributed by atoms with Crippen LogP contribution in [0.25, 0.3) is 0 Å². The van der Waals surface area contributed by atoms with Crippen LogP contribution in [0.3, 0.4) is 0 Å². The highest BCUT2D eigenvalue weighted by atomic mass is 35.5. The number of hydrogen-bond donors (Lipinski definition) is 1. The summed E-state index contributed by atoms with van der Waals surface area (Å²) in [6.07, 6.45) is 0.545. The number of nitrogens with zero attached hydrogens (tertiary/aromatic N) is 1. The summed E-state index contributed by atoms with van der Waals surface area (Å²) < 4.78 is 14.1. The van der Waals surface area contributed by atoms with Crippen LogP contribution in [0.5, 0.6) is 0 Å². The molecule has 0 radical (unpaired) electrons. The molecule has 7 heteroatoms. The van der Waals surface area contributed by atoms with Crippen LogP contribution in [0.4, 0.5) is 4.39 Å². The number of carbonyl (C=O) groups excluding carboxylic acids is 2. The molecule has 0 aliphatic carbocycles. The van der Waals surface area contributed by atoms with Crippen LogP contribution in [0.1, 0.15) is 31.4 Å². The van der Waals surface area contributed by atoms with Crippen molar-refractivity contribution in [3.05, 3.63) is 69.5 Å². The lowest BCUT2D eigenvalue weighted by Gasteiger charge is -2.29. The molecule has 1 atom stereocenters. The maximum atomic E-state index is 14.1. The maximum absolute atomic E-state index is 14.1. The number of carbonyl (C=O) groups is 2. The van der Waals surface area contributed by atoms with Gasteiger partial charge in [-0.2, -0.15) is 0 Å². The van der Waals surface area contributed by atoms with Gasteiger partial charge in [0.15, 0.2) is 0 Å². The number of nitrogens with one attached hydrogen (secondary N) is 1. The molecule has 1 N–H and O–H groups in total. The van der Waals surface area contributed by atoms with Crippen molar-refractivity contribution in [2.24, 2.45) is 0 Å². The summed E-state index contributed by atoms with van der Waals surface area (Å²) in [7, 11) is 0. The number of rotatable bonds is 8. The molecule has 0 bridgehead atoms. The van der Waals surface area contributed by atoms with E-state index in [-0.39, 0.29) is 29.5 Å². The van der Waals surface area contributed by atoms with Crippen molar-refractivity contribution in [1.82, 2.24) is 10.2 Å². The second kappa shape index (κ2) is 10.4. The first-order chi connectivity index (χ1) is 13.3. The molecule has 2 aromatic rings. The van der Waals surface area contributed by atoms with Crippen LogP contribution in [-0.2, 0) is 22.6 Å². The molecule has 0 saturated carbocycles. The third-order valence-electron chi connectivity index (χ3n) is 4.35. The van der Waals surface area contributed by atoms with Gasteiger partial charge in [0.2, 0.25) is 11.8 Å². The Balaban J connectivity index is 2.28. The predicted octanol–water partition coefficient (Wildman–Crippen LogP) is 4.62. The summed E-state index contributed by atoms with van der Waals surface area (Å²) >= 11 is 12.1. The molecule has 28 heavy (non-hydrogen) atoms. The van der Waals surface area contributed by atoms with Crippen LogP contribution in [0, 0.1) is 5.82 Å². The average Bonchev–Trinajstić information content (AvgIpc) is 2.66. The minimum absolute atomic E-state index is 0.117. The Morgan fingerprint density at radius 2 is 1.89 bits per heavy atom. The van der Waals surface area contributed by atoms with Crippen LogP contribution < -0.4 is 5.32 Å². The average molecular weight is 425 g/mol. The quantitative estimate of drug-likeness (QED) is 0.671. The molecule has 2 aromatic carbocycles. The molecule has 2 amide bonds. The number of amides is 2. The van der Waals surface area contributed by atoms with E-state index in [0.29, 0.717) is 11.6 Å². The fourth-order valence-electron chi connectivity index (χ4n) is 2.76. The van der Waals surface area contributed by atoms with E-state index >= 15 is 0 Å². The van der Waals surface area contributed by atoms with Gasteiger partial charge in [-0.25, -0.2) is 4.39 Å². The van der Waals surface area contributed by atoms with Crippen LogP contribution in [0.15, 0.2) is 42.5 Å². The zero-order valence-corrected chi connectivity index (χ0v) is 17.4. The van der Waals surface area contributed by atoms with E-state index < -0.39 is 17.8 Å². The first-order valence-electron chi connectivity index (χ1n) is 9.08. The van der Waals surface area contributed by atoms with Crippen LogP contribution in [-0.4, -0.2) is 29.3 Å². The van der Waals surface area contributed by atoms with E-state index in [1.807, 2.05) is 13.0 Å². The molecule has 0 aliphatic rings. The molecule has 4 nitrogen and oxygen atoms in total. The topological polar surface area (TPSA) is 49.4 Å². The summed E-state index contributed by atoms with van der Waals surface area (Å²) in [6, 6.07) is 10.6. The normalized spacial score (nSPS) is 11.8. The van der Waals surface area contributed by atoms with Gasteiger partial charge >= 0.3 is 0 Å². The van der Waals surface area contributed by atoms with Crippen molar-refractivity contribution in [3.8, 4) is 0 Å². The van der Waals surface area contributed by atoms with Crippen molar-refractivity contribution in [3.63, 3.8) is 0 Å². The second-order valence-electron chi connectivity index (χ2n) is 6.50. The second-order valence-corrected chi connectivity index (χ2v) is 7.34. The fourth-order valence-corrected chi connectivity index (χ4v) is 3.21. The lowest BCUT2D eigenvalue weighted by atomic mass is 10.1. The van der Waals surface area contributed by atoms with Crippen molar-refractivity contribution >= 4 is 35.0 Å². The molecule has 0 fully saturated rings. The lowest BCUT2D eigenvalue weighted by molar-refractivity contribution is -0.140. The monoisotopic (exact) mass is 424 g/mol. The van der Waals surface area contributed by atoms with Gasteiger partial charge in [-0.1, -0.05) is 48.3 Å². The fraction of sp³-hybridized carbons (Fsp3) is 0.333. The standard InChI is InChI=1S/C21H23Cl2FN2O2/c1-3-10-25-21(28)14(2)26(13-15-6-4-7-16(22)11-15)20(27)12-17-18(23)8-5-9-19(17)24/h4-9,11,14H,3,10,12-13H2,1-2H3,(H,25,28). The first-order valence-corrected chi connectivity index (χ1v) is 9.83. The Kier molecular flexibility index (Phi) is 8.27. The zero-order chi connectivity index (χ0) is 20.7. The van der Waals surface area contributed by atoms with Gasteiger partial charge in [0, 0.05) is 28.7 Å². The summed E-state index contributed by atoms with van der Waals surface area (Å²) in [5, 5.41) is 3.50. The molecule has 0 saturated heterocycles. The van der Waals surface area contributed by atoms with E-state index in [1.165, 1.54) is 23.1 Å². The van der Waals surface area contributed by atoms with Gasteiger partial charge < -0.3 is 10.2 Å². The lowest BCUT2D eigenvalue weighted by Crippen LogP contribution is -2.48. The minimum Gasteiger partial charge on any atom is -0.354 e. The van der Waals surface area contributed by atoms with Crippen molar-refractivity contribution in [2.45, 2.75) is 39.3 Å². The van der Waals surface area contributed by atoms with E-state index in [9.17, 15) is 14.0 Å². The Bertz CT molecular complexity index is 825. The molecule has 0 aliphatic heterocycles. The van der Waals surface area contributed by atoms with E-state index in [1.54, 1.807) is 25.1 Å². The molecule has 1 unspecified atom stereocenters. The summed E-state index contributed by atoms with van der Waals surface area (Å²) in [6.45, 7) is 4.28. The Hall–Kier alpha value is -2.11. The third kappa shape index (κ3) is 5.94. The van der Waals surface area contributed by atoms with Crippen LogP contribution >= 0.6 is 23.2 Å². The highest BCUT2D eigenvalue weighted by Gasteiger charge is 2.27. The molecular weight excluding hydrogens is 402 g/mol. The highest BCUT2D eigenvalue weighted by Crippen LogP contribution is 2.22. The van der Waals surface area contributed by atoms with E-state index in [0.717, 1.165) is 12.0 Å². The molecule has 2 rings (SSSR count). The van der Waals surface area contributed by atoms with Gasteiger partial charge in [0.25, 0.3) is 0 Å². The highest BCUT2D eigenvalue weighted by molar-refractivity contribution is 6.31. The smallest absolute Gasteiger partial charge is 0.242 e. The van der Waals surface area contributed by atoms with Crippen LogP contribution in [0.2, 0.25) is 10.0 Å². The Morgan fingerprint density at radius 1 is 1.18 bits per heavy atom. The van der Waals surface area contributed by atoms with Gasteiger partial charge in [-0.15, -0.1) is 0 Å². The van der Waals surface area contributed by atoms with E-state index in [4.69, 9.17) is 23.2 Å². The summed E-state index contributed by atoms with van der Waals surface area (Å²) in [5.41, 5.74) is 0.891. The molecular formula is C21H23Cl2FN2O2. The predicted molar refractivity (Wildman–Crippen MR) is 110 cm³/mol. The first kappa shape index (κ1) is 22.2. The third-order valence-corrected chi connectivity index (χ3v) is 4.94. The number of benzene rings is 2. The van der Waals surface area contributed by atoms with E-state index in [2.05, 4.69) is 5.32 Å². The van der Waals surface area contributed by atoms with Gasteiger partial charge in [-0.3, -0.25) is 9.59 Å². The SMILES string of the molecule is CCCNC(=O)C(C)N(Cc1cccc(Cl)c1)C(=O)Cc1c(F)cccc1Cl. The van der Waals surface area contributed by atoms with Crippen molar-refractivity contribution in [1.29, 1.82) is 0 Å². The Morgan fingerprint density at radius 3 is 2.54 bits per heavy atom. The molecule has 0 aromatic heterocycles. The van der Waals surface area contributed by atoms with Gasteiger partial charge in [-0.05, 0) is 43.2 Å². The molecule has 0 heterocycles. The largest absolute Gasteiger partial charge is 0.354 e. The zero-order valence-electron chi connectivity index (χ0n) is 15.8. The summed E-state index contributed by atoms with van der Waals surface area (Å²) in [4.78, 5) is 26.9. The molecule has 150 valence electrons. The van der Waals surface area contributed by atoms with Crippen molar-refractivity contribution in [2.75, 3.05) is 6.54 Å². The summed E-state index contributed by atoms with van der Waals surface area (Å²) in [5.74, 6) is -1.21. The van der Waals surface area contributed by atoms with Gasteiger partial charge in [0.05, 0.1) is 6.42 Å². The molecule has 0 spiro atoms. The van der Waals surface area contributed by atoms with Gasteiger partial charge in [0.1, 0.15) is 11.9 Å². The van der Waals surface area contributed by atoms with Crippen molar-refractivity contribution < 1.29 is 14.0 Å².